The highest BCUT2D eigenvalue weighted by atomic mass is 16.5. The minimum atomic E-state index is -0.00693. The van der Waals surface area contributed by atoms with Crippen LogP contribution in [-0.4, -0.2) is 0 Å². The zero-order valence-electron chi connectivity index (χ0n) is 15.2. The van der Waals surface area contributed by atoms with E-state index < -0.39 is 0 Å². The molecule has 5 aromatic rings. The Balaban J connectivity index is 1.73. The number of hydrogen-bond acceptors (Lipinski definition) is 1. The summed E-state index contributed by atoms with van der Waals surface area (Å²) in [7, 11) is 0. The Morgan fingerprint density at radius 1 is 0.556 bits per heavy atom. The van der Waals surface area contributed by atoms with E-state index in [1.54, 1.807) is 0 Å². The van der Waals surface area contributed by atoms with Gasteiger partial charge in [0.2, 0.25) is 0 Å². The number of hydrogen-bond donors (Lipinski definition) is 0. The van der Waals surface area contributed by atoms with Crippen LogP contribution in [0.15, 0.2) is 97.1 Å². The molecular weight excluding hydrogens is 328 g/mol. The lowest BCUT2D eigenvalue weighted by Gasteiger charge is -2.18. The molecule has 5 rings (SSSR count). The third kappa shape index (κ3) is 2.72. The first-order valence-corrected chi connectivity index (χ1v) is 9.36. The van der Waals surface area contributed by atoms with Gasteiger partial charge in [-0.2, -0.15) is 0 Å². The van der Waals surface area contributed by atoms with Crippen molar-refractivity contribution in [2.75, 3.05) is 0 Å². The van der Waals surface area contributed by atoms with E-state index in [0.29, 0.717) is 0 Å². The van der Waals surface area contributed by atoms with Gasteiger partial charge in [-0.1, -0.05) is 91.0 Å². The van der Waals surface area contributed by atoms with Crippen LogP contribution in [0.5, 0.6) is 5.75 Å². The second-order valence-electron chi connectivity index (χ2n) is 6.97. The Kier molecular flexibility index (Phi) is 3.79. The first kappa shape index (κ1) is 15.9. The van der Waals surface area contributed by atoms with Gasteiger partial charge in [0.05, 0.1) is 0 Å². The maximum absolute atomic E-state index is 6.43. The third-order valence-electron chi connectivity index (χ3n) is 5.30. The quantitative estimate of drug-likeness (QED) is 0.311. The molecule has 0 saturated heterocycles. The van der Waals surface area contributed by atoms with Crippen LogP contribution in [0.25, 0.3) is 32.3 Å². The van der Waals surface area contributed by atoms with Crippen molar-refractivity contribution < 1.29 is 4.74 Å². The topological polar surface area (TPSA) is 9.23 Å². The van der Waals surface area contributed by atoms with Crippen LogP contribution in [0, 0.1) is 0 Å². The monoisotopic (exact) mass is 348 g/mol. The van der Waals surface area contributed by atoms with Crippen LogP contribution in [0.3, 0.4) is 0 Å². The van der Waals surface area contributed by atoms with Crippen molar-refractivity contribution in [3.05, 3.63) is 103 Å². The first-order chi connectivity index (χ1) is 13.3. The van der Waals surface area contributed by atoms with Crippen LogP contribution in [0.1, 0.15) is 18.6 Å². The summed E-state index contributed by atoms with van der Waals surface area (Å²) >= 11 is 0. The summed E-state index contributed by atoms with van der Waals surface area (Å²) in [5.74, 6) is 0.935. The van der Waals surface area contributed by atoms with Crippen molar-refractivity contribution in [2.24, 2.45) is 0 Å². The molecule has 5 aromatic carbocycles. The molecule has 1 nitrogen and oxygen atoms in total. The van der Waals surface area contributed by atoms with Crippen molar-refractivity contribution in [3.63, 3.8) is 0 Å². The zero-order valence-corrected chi connectivity index (χ0v) is 15.2. The van der Waals surface area contributed by atoms with E-state index in [2.05, 4.69) is 97.9 Å². The van der Waals surface area contributed by atoms with E-state index in [1.807, 2.05) is 6.07 Å². The molecule has 0 bridgehead atoms. The van der Waals surface area contributed by atoms with E-state index in [1.165, 1.54) is 37.9 Å². The van der Waals surface area contributed by atoms with Gasteiger partial charge in [-0.25, -0.2) is 0 Å². The average molecular weight is 348 g/mol. The van der Waals surface area contributed by atoms with Crippen molar-refractivity contribution >= 4 is 32.3 Å². The van der Waals surface area contributed by atoms with Crippen LogP contribution >= 0.6 is 0 Å². The van der Waals surface area contributed by atoms with E-state index in [0.717, 1.165) is 5.75 Å². The van der Waals surface area contributed by atoms with Crippen molar-refractivity contribution in [1.82, 2.24) is 0 Å². The fourth-order valence-corrected chi connectivity index (χ4v) is 3.92. The van der Waals surface area contributed by atoms with Gasteiger partial charge < -0.3 is 4.74 Å². The molecule has 1 atom stereocenters. The molecule has 0 aliphatic carbocycles. The lowest BCUT2D eigenvalue weighted by atomic mass is 9.96. The highest BCUT2D eigenvalue weighted by Gasteiger charge is 2.12. The van der Waals surface area contributed by atoms with Gasteiger partial charge in [0.25, 0.3) is 0 Å². The predicted octanol–water partition coefficient (Wildman–Crippen LogP) is 7.29. The van der Waals surface area contributed by atoms with Gasteiger partial charge in [0.15, 0.2) is 0 Å². The molecule has 0 aliphatic heterocycles. The maximum atomic E-state index is 6.43. The summed E-state index contributed by atoms with van der Waals surface area (Å²) in [6.07, 6.45) is -0.00693. The lowest BCUT2D eigenvalue weighted by Crippen LogP contribution is -2.03. The minimum absolute atomic E-state index is 0.00693. The smallest absolute Gasteiger partial charge is 0.128 e. The lowest BCUT2D eigenvalue weighted by molar-refractivity contribution is 0.230. The molecule has 0 saturated carbocycles. The van der Waals surface area contributed by atoms with Crippen LogP contribution in [0.2, 0.25) is 0 Å². The first-order valence-electron chi connectivity index (χ1n) is 9.36. The fraction of sp³-hybridized carbons (Fsp3) is 0.0769. The number of benzene rings is 5. The second-order valence-corrected chi connectivity index (χ2v) is 6.97. The van der Waals surface area contributed by atoms with Gasteiger partial charge in [-0.05, 0) is 45.5 Å². The normalized spacial score (nSPS) is 12.5. The summed E-state index contributed by atoms with van der Waals surface area (Å²) in [4.78, 5) is 0. The fourth-order valence-electron chi connectivity index (χ4n) is 3.92. The summed E-state index contributed by atoms with van der Waals surface area (Å²) in [6.45, 7) is 2.11. The van der Waals surface area contributed by atoms with Crippen LogP contribution in [0.4, 0.5) is 0 Å². The van der Waals surface area contributed by atoms with Gasteiger partial charge in [0, 0.05) is 5.39 Å². The Hall–Kier alpha value is -3.32. The molecule has 0 heterocycles. The van der Waals surface area contributed by atoms with Crippen molar-refractivity contribution in [3.8, 4) is 5.75 Å². The molecule has 0 amide bonds. The zero-order chi connectivity index (χ0) is 18.2. The Bertz CT molecular complexity index is 1250. The van der Waals surface area contributed by atoms with E-state index >= 15 is 0 Å². The molecule has 0 fully saturated rings. The summed E-state index contributed by atoms with van der Waals surface area (Å²) in [5.41, 5.74) is 1.18. The van der Waals surface area contributed by atoms with Crippen LogP contribution in [-0.2, 0) is 0 Å². The average Bonchev–Trinajstić information content (AvgIpc) is 2.74. The molecule has 1 heteroatoms. The maximum Gasteiger partial charge on any atom is 0.128 e. The molecule has 0 aliphatic rings. The Labute approximate surface area is 158 Å². The molecule has 130 valence electrons. The standard InChI is InChI=1S/C26H20O/c1-18(19-8-3-2-4-9-19)27-25-13-7-11-21-15-16-23-22-12-6-5-10-20(22)14-17-24(23)26(21)25/h2-18H,1H3. The van der Waals surface area contributed by atoms with Crippen molar-refractivity contribution in [2.45, 2.75) is 13.0 Å². The SMILES string of the molecule is CC(Oc1cccc2ccc3c4ccccc4ccc3c12)c1ccccc1. The summed E-state index contributed by atoms with van der Waals surface area (Å²) < 4.78 is 6.43. The molecule has 0 aromatic heterocycles. The predicted molar refractivity (Wildman–Crippen MR) is 114 cm³/mol. The second kappa shape index (κ2) is 6.44. The van der Waals surface area contributed by atoms with E-state index in [9.17, 15) is 0 Å². The van der Waals surface area contributed by atoms with E-state index in [-0.39, 0.29) is 6.10 Å². The van der Waals surface area contributed by atoms with Gasteiger partial charge in [-0.3, -0.25) is 0 Å². The molecule has 0 spiro atoms. The third-order valence-corrected chi connectivity index (χ3v) is 5.30. The molecule has 1 unspecified atom stereocenters. The largest absolute Gasteiger partial charge is 0.485 e. The molecular formula is C26H20O. The Morgan fingerprint density at radius 2 is 1.26 bits per heavy atom. The Morgan fingerprint density at radius 3 is 2.15 bits per heavy atom. The number of rotatable bonds is 3. The van der Waals surface area contributed by atoms with Gasteiger partial charge in [-0.15, -0.1) is 0 Å². The van der Waals surface area contributed by atoms with Gasteiger partial charge in [0.1, 0.15) is 11.9 Å². The van der Waals surface area contributed by atoms with Crippen LogP contribution < -0.4 is 4.74 Å². The molecule has 0 radical (unpaired) electrons. The van der Waals surface area contributed by atoms with Crippen molar-refractivity contribution in [1.29, 1.82) is 0 Å². The number of fused-ring (bicyclic) bond motifs is 5. The summed E-state index contributed by atoms with van der Waals surface area (Å²) in [6, 6.07) is 34.1. The summed E-state index contributed by atoms with van der Waals surface area (Å²) in [5, 5.41) is 7.44. The number of ether oxygens (including phenoxy) is 1. The van der Waals surface area contributed by atoms with E-state index in [4.69, 9.17) is 4.74 Å². The van der Waals surface area contributed by atoms with Gasteiger partial charge >= 0.3 is 0 Å². The highest BCUT2D eigenvalue weighted by Crippen LogP contribution is 2.37. The molecule has 27 heavy (non-hydrogen) atoms. The minimum Gasteiger partial charge on any atom is -0.485 e. The highest BCUT2D eigenvalue weighted by molar-refractivity contribution is 6.18. The molecule has 0 N–H and O–H groups in total.